The average Bonchev–Trinajstić information content (AvgIpc) is 2.95. The van der Waals surface area contributed by atoms with E-state index in [2.05, 4.69) is 5.32 Å². The van der Waals surface area contributed by atoms with Gasteiger partial charge in [-0.25, -0.2) is 9.18 Å². The molecule has 1 atom stereocenters. The van der Waals surface area contributed by atoms with Crippen molar-refractivity contribution < 1.29 is 45.1 Å². The molecule has 44 heavy (non-hydrogen) atoms. The number of hydrogen-bond donors (Lipinski definition) is 2. The molecule has 3 rings (SSSR count). The summed E-state index contributed by atoms with van der Waals surface area (Å²) in [6, 6.07) is 15.4. The van der Waals surface area contributed by atoms with Crippen molar-refractivity contribution in [2.45, 2.75) is 63.3 Å². The minimum Gasteiger partial charge on any atom is -0.466 e. The van der Waals surface area contributed by atoms with Crippen molar-refractivity contribution in [3.05, 3.63) is 106 Å². The van der Waals surface area contributed by atoms with E-state index in [0.717, 1.165) is 11.6 Å². The first-order valence-corrected chi connectivity index (χ1v) is 14.0. The van der Waals surface area contributed by atoms with E-state index in [-0.39, 0.29) is 36.5 Å². The number of alkyl halides is 6. The maximum atomic E-state index is 14.8. The Hall–Kier alpha value is -4.09. The van der Waals surface area contributed by atoms with Gasteiger partial charge in [-0.05, 0) is 66.6 Å². The Labute approximate surface area is 250 Å². The second kappa shape index (κ2) is 15.1. The molecule has 0 spiro atoms. The summed E-state index contributed by atoms with van der Waals surface area (Å²) in [7, 11) is 0. The Bertz CT molecular complexity index is 1390. The van der Waals surface area contributed by atoms with Gasteiger partial charge >= 0.3 is 24.4 Å². The molecule has 0 fully saturated rings. The Kier molecular flexibility index (Phi) is 11.8. The van der Waals surface area contributed by atoms with Crippen LogP contribution >= 0.6 is 0 Å². The number of unbranched alkanes of at least 4 members (excludes halogenated alkanes) is 2. The minimum atomic E-state index is -4.95. The fourth-order valence-corrected chi connectivity index (χ4v) is 4.88. The molecule has 238 valence electrons. The van der Waals surface area contributed by atoms with Gasteiger partial charge in [0.1, 0.15) is 12.4 Å². The fourth-order valence-electron chi connectivity index (χ4n) is 4.88. The molecule has 0 aliphatic carbocycles. The zero-order valence-corrected chi connectivity index (χ0v) is 24.0. The van der Waals surface area contributed by atoms with Crippen molar-refractivity contribution in [1.29, 1.82) is 0 Å². The van der Waals surface area contributed by atoms with E-state index in [4.69, 9.17) is 4.74 Å². The van der Waals surface area contributed by atoms with Crippen LogP contribution in [0.2, 0.25) is 0 Å². The van der Waals surface area contributed by atoms with Gasteiger partial charge in [-0.15, -0.1) is 0 Å². The maximum absolute atomic E-state index is 14.8. The van der Waals surface area contributed by atoms with Crippen molar-refractivity contribution >= 4 is 12.0 Å². The number of nitrogens with one attached hydrogen (secondary N) is 2. The first-order valence-electron chi connectivity index (χ1n) is 14.0. The van der Waals surface area contributed by atoms with Crippen LogP contribution in [0.15, 0.2) is 72.8 Å². The molecular formula is C32H33F7N2O3. The van der Waals surface area contributed by atoms with Crippen LogP contribution in [-0.2, 0) is 34.1 Å². The number of halogens is 7. The quantitative estimate of drug-likeness (QED) is 0.115. The number of amides is 2. The zero-order chi connectivity index (χ0) is 32.4. The van der Waals surface area contributed by atoms with Crippen LogP contribution in [0.5, 0.6) is 0 Å². The van der Waals surface area contributed by atoms with Crippen molar-refractivity contribution in [2.75, 3.05) is 13.2 Å². The molecule has 0 saturated heterocycles. The average molecular weight is 627 g/mol. The second-order valence-corrected chi connectivity index (χ2v) is 10.3. The lowest BCUT2D eigenvalue weighted by molar-refractivity contribution is -0.143. The second-order valence-electron chi connectivity index (χ2n) is 10.3. The lowest BCUT2D eigenvalue weighted by Crippen LogP contribution is -2.53. The molecule has 5 nitrogen and oxygen atoms in total. The van der Waals surface area contributed by atoms with E-state index in [1.165, 1.54) is 6.07 Å². The molecule has 0 radical (unpaired) electrons. The van der Waals surface area contributed by atoms with E-state index < -0.39 is 41.8 Å². The summed E-state index contributed by atoms with van der Waals surface area (Å²) in [5.74, 6) is -1.54. The number of aryl methyl sites for hydroxylation is 1. The maximum Gasteiger partial charge on any atom is 0.416 e. The first-order chi connectivity index (χ1) is 20.7. The van der Waals surface area contributed by atoms with Crippen LogP contribution in [0.1, 0.15) is 60.4 Å². The predicted octanol–water partition coefficient (Wildman–Crippen LogP) is 7.86. The number of carbonyl (C=O) groups excluding carboxylic acids is 2. The molecule has 0 heterocycles. The van der Waals surface area contributed by atoms with Crippen molar-refractivity contribution in [3.63, 3.8) is 0 Å². The van der Waals surface area contributed by atoms with Crippen molar-refractivity contribution in [3.8, 4) is 0 Å². The third-order valence-electron chi connectivity index (χ3n) is 6.88. The predicted molar refractivity (Wildman–Crippen MR) is 150 cm³/mol. The molecule has 0 unspecified atom stereocenters. The number of ether oxygens (including phenoxy) is 1. The summed E-state index contributed by atoms with van der Waals surface area (Å²) in [4.78, 5) is 24.6. The van der Waals surface area contributed by atoms with Gasteiger partial charge in [0, 0.05) is 12.8 Å². The van der Waals surface area contributed by atoms with Crippen LogP contribution < -0.4 is 10.6 Å². The number of urea groups is 1. The monoisotopic (exact) mass is 626 g/mol. The summed E-state index contributed by atoms with van der Waals surface area (Å²) >= 11 is 0. The number of benzene rings is 3. The summed E-state index contributed by atoms with van der Waals surface area (Å²) in [6.45, 7) is 0.308. The zero-order valence-electron chi connectivity index (χ0n) is 24.0. The Balaban J connectivity index is 2.09. The van der Waals surface area contributed by atoms with E-state index in [0.29, 0.717) is 43.4 Å². The van der Waals surface area contributed by atoms with Gasteiger partial charge in [0.05, 0.1) is 17.7 Å². The smallest absolute Gasteiger partial charge is 0.416 e. The van der Waals surface area contributed by atoms with Crippen molar-refractivity contribution in [1.82, 2.24) is 10.6 Å². The normalized spacial score (nSPS) is 13.2. The summed E-state index contributed by atoms with van der Waals surface area (Å²) in [5.41, 5.74) is -2.06. The Morgan fingerprint density at radius 1 is 0.773 bits per heavy atom. The van der Waals surface area contributed by atoms with E-state index >= 15 is 0 Å². The molecule has 3 aromatic rings. The van der Waals surface area contributed by atoms with Gasteiger partial charge < -0.3 is 15.4 Å². The highest BCUT2D eigenvalue weighted by Gasteiger charge is 2.40. The molecule has 0 aliphatic rings. The molecule has 0 aromatic heterocycles. The Morgan fingerprint density at radius 2 is 1.45 bits per heavy atom. The fraction of sp³-hybridized carbons (Fsp3) is 0.375. The molecule has 3 aromatic carbocycles. The van der Waals surface area contributed by atoms with Gasteiger partial charge in [-0.1, -0.05) is 61.0 Å². The number of carbonyl (C=O) groups is 2. The SMILES string of the molecule is CCOC(=O)CCCCCc1cccc([C@@](Cc2ccccc2)(NC(=O)NCC(F)(F)F)c2cc(F)cc(C(F)(F)F)c2)c1. The van der Waals surface area contributed by atoms with Gasteiger partial charge in [0.2, 0.25) is 0 Å². The minimum absolute atomic E-state index is 0.211. The molecule has 0 bridgehead atoms. The van der Waals surface area contributed by atoms with Crippen LogP contribution in [0.25, 0.3) is 0 Å². The highest BCUT2D eigenvalue weighted by atomic mass is 19.4. The molecule has 12 heteroatoms. The standard InChI is InChI=1S/C32H33F7N2O3/c1-2-44-28(42)15-8-4-5-10-22-13-9-14-24(16-22)30(20-23-11-6-3-7-12-23,41-29(43)40-21-31(34,35)36)25-17-26(32(37,38)39)19-27(33)18-25/h3,6-7,9,11-14,16-19H,2,4-5,8,10,15,20-21H2,1H3,(H2,40,41,43)/t30-/m1/s1. The Morgan fingerprint density at radius 3 is 2.11 bits per heavy atom. The number of hydrogen-bond acceptors (Lipinski definition) is 3. The summed E-state index contributed by atoms with van der Waals surface area (Å²) < 4.78 is 100. The molecule has 0 aliphatic heterocycles. The molecular weight excluding hydrogens is 593 g/mol. The molecule has 2 amide bonds. The largest absolute Gasteiger partial charge is 0.466 e. The van der Waals surface area contributed by atoms with Crippen LogP contribution in [-0.4, -0.2) is 31.3 Å². The highest BCUT2D eigenvalue weighted by molar-refractivity contribution is 5.76. The van der Waals surface area contributed by atoms with Crippen molar-refractivity contribution in [2.24, 2.45) is 0 Å². The summed E-state index contributed by atoms with van der Waals surface area (Å²) in [5, 5.41) is 4.20. The first kappa shape index (κ1) is 34.4. The molecule has 2 N–H and O–H groups in total. The van der Waals surface area contributed by atoms with E-state index in [9.17, 15) is 40.3 Å². The van der Waals surface area contributed by atoms with Gasteiger partial charge in [-0.2, -0.15) is 26.3 Å². The van der Waals surface area contributed by atoms with Crippen LogP contribution in [0.3, 0.4) is 0 Å². The third kappa shape index (κ3) is 10.3. The highest BCUT2D eigenvalue weighted by Crippen LogP contribution is 2.38. The van der Waals surface area contributed by atoms with E-state index in [1.807, 2.05) is 0 Å². The molecule has 0 saturated carbocycles. The topological polar surface area (TPSA) is 67.4 Å². The lowest BCUT2D eigenvalue weighted by atomic mass is 9.76. The lowest BCUT2D eigenvalue weighted by Gasteiger charge is -2.37. The number of esters is 1. The number of rotatable bonds is 13. The van der Waals surface area contributed by atoms with Gasteiger partial charge in [0.25, 0.3) is 0 Å². The van der Waals surface area contributed by atoms with E-state index in [1.54, 1.807) is 60.8 Å². The van der Waals surface area contributed by atoms with Gasteiger partial charge in [0.15, 0.2) is 0 Å². The third-order valence-corrected chi connectivity index (χ3v) is 6.88. The van der Waals surface area contributed by atoms with Gasteiger partial charge in [-0.3, -0.25) is 4.79 Å². The summed E-state index contributed by atoms with van der Waals surface area (Å²) in [6.07, 6.45) is -7.26. The van der Waals surface area contributed by atoms with Crippen LogP contribution in [0.4, 0.5) is 35.5 Å². The van der Waals surface area contributed by atoms with Crippen LogP contribution in [0, 0.1) is 5.82 Å².